The molecule has 19 heavy (non-hydrogen) atoms. The largest absolute Gasteiger partial charge is 0.366 e. The zero-order chi connectivity index (χ0) is 13.9. The molecule has 0 aromatic heterocycles. The van der Waals surface area contributed by atoms with Crippen molar-refractivity contribution in [3.63, 3.8) is 0 Å². The summed E-state index contributed by atoms with van der Waals surface area (Å²) >= 11 is 0. The van der Waals surface area contributed by atoms with Crippen molar-refractivity contribution in [3.05, 3.63) is 24.3 Å². The summed E-state index contributed by atoms with van der Waals surface area (Å²) in [6, 6.07) is 7.66. The standard InChI is InChI=1S/C14H22N2O2S/c1-19(17,18)14-9-5-4-8-13(14)16(11-10-15)12-6-2-3-7-12/h4-5,8-9,12H,2-3,6-7,10-11,15H2,1H3. The van der Waals surface area contributed by atoms with E-state index in [2.05, 4.69) is 4.90 Å². The first-order chi connectivity index (χ1) is 9.04. The second-order valence-corrected chi connectivity index (χ2v) is 7.14. The first-order valence-electron chi connectivity index (χ1n) is 6.80. The highest BCUT2D eigenvalue weighted by Gasteiger charge is 2.26. The number of para-hydroxylation sites is 1. The van der Waals surface area contributed by atoms with E-state index in [4.69, 9.17) is 5.73 Å². The van der Waals surface area contributed by atoms with Crippen molar-refractivity contribution in [1.29, 1.82) is 0 Å². The summed E-state index contributed by atoms with van der Waals surface area (Å²) < 4.78 is 23.8. The lowest BCUT2D eigenvalue weighted by atomic mass is 10.1. The van der Waals surface area contributed by atoms with E-state index in [0.717, 1.165) is 18.5 Å². The Morgan fingerprint density at radius 2 is 1.89 bits per heavy atom. The van der Waals surface area contributed by atoms with Gasteiger partial charge in [-0.05, 0) is 25.0 Å². The highest BCUT2D eigenvalue weighted by Crippen LogP contribution is 2.32. The molecule has 2 N–H and O–H groups in total. The van der Waals surface area contributed by atoms with Crippen LogP contribution in [0.4, 0.5) is 5.69 Å². The summed E-state index contributed by atoms with van der Waals surface area (Å²) in [6.45, 7) is 1.24. The van der Waals surface area contributed by atoms with Crippen LogP contribution in [0, 0.1) is 0 Å². The van der Waals surface area contributed by atoms with E-state index in [9.17, 15) is 8.42 Å². The Bertz CT molecular complexity index is 522. The molecule has 5 heteroatoms. The van der Waals surface area contributed by atoms with Crippen LogP contribution in [0.25, 0.3) is 0 Å². The van der Waals surface area contributed by atoms with Gasteiger partial charge >= 0.3 is 0 Å². The molecule has 1 aliphatic rings. The third-order valence-corrected chi connectivity index (χ3v) is 4.85. The molecule has 1 fully saturated rings. The molecule has 1 saturated carbocycles. The van der Waals surface area contributed by atoms with E-state index in [1.54, 1.807) is 12.1 Å². The van der Waals surface area contributed by atoms with Crippen LogP contribution < -0.4 is 10.6 Å². The van der Waals surface area contributed by atoms with Crippen molar-refractivity contribution in [2.45, 2.75) is 36.6 Å². The van der Waals surface area contributed by atoms with E-state index in [0.29, 0.717) is 24.0 Å². The van der Waals surface area contributed by atoms with Crippen LogP contribution >= 0.6 is 0 Å². The van der Waals surface area contributed by atoms with Crippen LogP contribution in [0.5, 0.6) is 0 Å². The van der Waals surface area contributed by atoms with Crippen LogP contribution in [0.15, 0.2) is 29.2 Å². The minimum absolute atomic E-state index is 0.412. The van der Waals surface area contributed by atoms with Gasteiger partial charge in [0.05, 0.1) is 10.6 Å². The molecule has 0 unspecified atom stereocenters. The van der Waals surface area contributed by atoms with Crippen LogP contribution in [-0.2, 0) is 9.84 Å². The fourth-order valence-electron chi connectivity index (χ4n) is 2.86. The summed E-state index contributed by atoms with van der Waals surface area (Å²) in [5, 5.41) is 0. The van der Waals surface area contributed by atoms with Crippen molar-refractivity contribution in [2.24, 2.45) is 5.73 Å². The number of nitrogens with zero attached hydrogens (tertiary/aromatic N) is 1. The Morgan fingerprint density at radius 3 is 2.47 bits per heavy atom. The molecule has 0 amide bonds. The van der Waals surface area contributed by atoms with E-state index >= 15 is 0 Å². The SMILES string of the molecule is CS(=O)(=O)c1ccccc1N(CCN)C1CCCC1. The van der Waals surface area contributed by atoms with Crippen LogP contribution in [-0.4, -0.2) is 33.8 Å². The van der Waals surface area contributed by atoms with Gasteiger partial charge in [-0.25, -0.2) is 8.42 Å². The molecule has 0 radical (unpaired) electrons. The third kappa shape index (κ3) is 3.28. The number of benzene rings is 1. The molecule has 0 saturated heterocycles. The smallest absolute Gasteiger partial charge is 0.177 e. The van der Waals surface area contributed by atoms with Crippen molar-refractivity contribution < 1.29 is 8.42 Å². The highest BCUT2D eigenvalue weighted by atomic mass is 32.2. The van der Waals surface area contributed by atoms with E-state index in [1.165, 1.54) is 19.1 Å². The van der Waals surface area contributed by atoms with Crippen molar-refractivity contribution in [3.8, 4) is 0 Å². The van der Waals surface area contributed by atoms with E-state index < -0.39 is 9.84 Å². The predicted octanol–water partition coefficient (Wildman–Crippen LogP) is 1.80. The highest BCUT2D eigenvalue weighted by molar-refractivity contribution is 7.90. The molecule has 2 rings (SSSR count). The Labute approximate surface area is 115 Å². The number of hydrogen-bond donors (Lipinski definition) is 1. The van der Waals surface area contributed by atoms with E-state index in [1.807, 2.05) is 12.1 Å². The van der Waals surface area contributed by atoms with Crippen molar-refractivity contribution in [1.82, 2.24) is 0 Å². The molecule has 4 nitrogen and oxygen atoms in total. The van der Waals surface area contributed by atoms with Gasteiger partial charge < -0.3 is 10.6 Å². The molecule has 106 valence electrons. The second kappa shape index (κ2) is 5.92. The minimum Gasteiger partial charge on any atom is -0.366 e. The number of nitrogens with two attached hydrogens (primary N) is 1. The third-order valence-electron chi connectivity index (χ3n) is 3.71. The predicted molar refractivity (Wildman–Crippen MR) is 78.2 cm³/mol. The van der Waals surface area contributed by atoms with Gasteiger partial charge in [-0.2, -0.15) is 0 Å². The maximum absolute atomic E-state index is 11.9. The lowest BCUT2D eigenvalue weighted by Crippen LogP contribution is -2.38. The average molecular weight is 282 g/mol. The molecule has 1 aromatic carbocycles. The topological polar surface area (TPSA) is 63.4 Å². The summed E-state index contributed by atoms with van der Waals surface area (Å²) in [5.74, 6) is 0. The van der Waals surface area contributed by atoms with Crippen molar-refractivity contribution >= 4 is 15.5 Å². The molecule has 0 spiro atoms. The quantitative estimate of drug-likeness (QED) is 0.894. The molecule has 1 aromatic rings. The van der Waals surface area contributed by atoms with Gasteiger partial charge in [0.2, 0.25) is 0 Å². The van der Waals surface area contributed by atoms with Gasteiger partial charge in [-0.15, -0.1) is 0 Å². The molecule has 1 aliphatic carbocycles. The first kappa shape index (κ1) is 14.3. The average Bonchev–Trinajstić information content (AvgIpc) is 2.88. The molecule has 0 aliphatic heterocycles. The van der Waals surface area contributed by atoms with Gasteiger partial charge in [-0.3, -0.25) is 0 Å². The summed E-state index contributed by atoms with van der Waals surface area (Å²) in [4.78, 5) is 2.60. The number of hydrogen-bond acceptors (Lipinski definition) is 4. The molecule has 0 atom stereocenters. The first-order valence-corrected chi connectivity index (χ1v) is 8.69. The van der Waals surface area contributed by atoms with Gasteiger partial charge in [0.15, 0.2) is 9.84 Å². The number of rotatable bonds is 5. The second-order valence-electron chi connectivity index (χ2n) is 5.16. The maximum atomic E-state index is 11.9. The lowest BCUT2D eigenvalue weighted by molar-refractivity contribution is 0.591. The zero-order valence-corrected chi connectivity index (χ0v) is 12.2. The fourth-order valence-corrected chi connectivity index (χ4v) is 3.75. The molecule has 0 bridgehead atoms. The Hall–Kier alpha value is -1.07. The normalized spacial score (nSPS) is 16.7. The van der Waals surface area contributed by atoms with Crippen LogP contribution in [0.2, 0.25) is 0 Å². The Balaban J connectivity index is 2.41. The minimum atomic E-state index is -3.21. The van der Waals surface area contributed by atoms with Gasteiger partial charge in [-0.1, -0.05) is 25.0 Å². The van der Waals surface area contributed by atoms with Crippen LogP contribution in [0.1, 0.15) is 25.7 Å². The number of anilines is 1. The van der Waals surface area contributed by atoms with Crippen LogP contribution in [0.3, 0.4) is 0 Å². The van der Waals surface area contributed by atoms with Gasteiger partial charge in [0.25, 0.3) is 0 Å². The summed E-state index contributed by atoms with van der Waals surface area (Å²) in [5.41, 5.74) is 6.51. The Kier molecular flexibility index (Phi) is 4.47. The van der Waals surface area contributed by atoms with Crippen molar-refractivity contribution in [2.75, 3.05) is 24.2 Å². The molecule has 0 heterocycles. The summed E-state index contributed by atoms with van der Waals surface area (Å²) in [7, 11) is -3.21. The lowest BCUT2D eigenvalue weighted by Gasteiger charge is -2.32. The van der Waals surface area contributed by atoms with E-state index in [-0.39, 0.29) is 0 Å². The maximum Gasteiger partial charge on any atom is 0.177 e. The van der Waals surface area contributed by atoms with Gasteiger partial charge in [0.1, 0.15) is 0 Å². The zero-order valence-electron chi connectivity index (χ0n) is 11.4. The monoisotopic (exact) mass is 282 g/mol. The molecular weight excluding hydrogens is 260 g/mol. The number of sulfone groups is 1. The van der Waals surface area contributed by atoms with Gasteiger partial charge in [0, 0.05) is 25.4 Å². The fraction of sp³-hybridized carbons (Fsp3) is 0.571. The Morgan fingerprint density at radius 1 is 1.26 bits per heavy atom. The molecular formula is C14H22N2O2S. The summed E-state index contributed by atoms with van der Waals surface area (Å²) in [6.07, 6.45) is 5.94.